The summed E-state index contributed by atoms with van der Waals surface area (Å²) in [6, 6.07) is 0.0986. The number of hydrogen-bond donors (Lipinski definition) is 2. The van der Waals surface area contributed by atoms with E-state index in [1.54, 1.807) is 6.92 Å². The highest BCUT2D eigenvalue weighted by molar-refractivity contribution is 7.80. The van der Waals surface area contributed by atoms with E-state index in [4.69, 9.17) is 22.7 Å². The third kappa shape index (κ3) is 2.92. The van der Waals surface area contributed by atoms with Gasteiger partial charge in [0.25, 0.3) is 0 Å². The standard InChI is InChI=1S/C11H20N2O2S/c1-3-11(2,9(12)16)10(14)13-8-5-4-6-15-7-8/h8H,3-7H2,1-2H3,(H2,12,16)(H,13,14). The molecule has 1 fully saturated rings. The highest BCUT2D eigenvalue weighted by Crippen LogP contribution is 2.22. The van der Waals surface area contributed by atoms with E-state index in [2.05, 4.69) is 5.32 Å². The summed E-state index contributed by atoms with van der Waals surface area (Å²) < 4.78 is 5.31. The molecule has 2 unspecified atom stereocenters. The molecule has 2 atom stereocenters. The first kappa shape index (κ1) is 13.4. The zero-order valence-electron chi connectivity index (χ0n) is 9.91. The zero-order chi connectivity index (χ0) is 12.2. The van der Waals surface area contributed by atoms with Gasteiger partial charge in [0.2, 0.25) is 5.91 Å². The number of amides is 1. The summed E-state index contributed by atoms with van der Waals surface area (Å²) in [5.74, 6) is -0.0852. The van der Waals surface area contributed by atoms with Gasteiger partial charge in [-0.1, -0.05) is 19.1 Å². The maximum atomic E-state index is 12.1. The second-order valence-electron chi connectivity index (χ2n) is 4.44. The van der Waals surface area contributed by atoms with Gasteiger partial charge in [-0.2, -0.15) is 0 Å². The Bertz CT molecular complexity index is 277. The second-order valence-corrected chi connectivity index (χ2v) is 4.88. The lowest BCUT2D eigenvalue weighted by Crippen LogP contribution is -2.51. The normalized spacial score (nSPS) is 24.5. The number of ether oxygens (including phenoxy) is 1. The van der Waals surface area contributed by atoms with Crippen LogP contribution in [-0.2, 0) is 9.53 Å². The SMILES string of the molecule is CCC(C)(C(=O)NC1CCCOC1)C(N)=S. The van der Waals surface area contributed by atoms with Crippen LogP contribution in [0.1, 0.15) is 33.1 Å². The summed E-state index contributed by atoms with van der Waals surface area (Å²) in [4.78, 5) is 12.3. The lowest BCUT2D eigenvalue weighted by molar-refractivity contribution is -0.128. The van der Waals surface area contributed by atoms with E-state index in [1.807, 2.05) is 6.92 Å². The summed E-state index contributed by atoms with van der Waals surface area (Å²) in [5.41, 5.74) is 4.88. The Kier molecular flexibility index (Phi) is 4.68. The molecule has 1 rings (SSSR count). The van der Waals surface area contributed by atoms with Crippen LogP contribution in [-0.4, -0.2) is 30.2 Å². The van der Waals surface area contributed by atoms with Crippen LogP contribution in [0.3, 0.4) is 0 Å². The molecule has 0 aliphatic carbocycles. The maximum absolute atomic E-state index is 12.1. The molecular weight excluding hydrogens is 224 g/mol. The number of nitrogens with two attached hydrogens (primary N) is 1. The average molecular weight is 244 g/mol. The quantitative estimate of drug-likeness (QED) is 0.724. The molecule has 1 aliphatic rings. The zero-order valence-corrected chi connectivity index (χ0v) is 10.7. The largest absolute Gasteiger partial charge is 0.392 e. The number of nitrogens with one attached hydrogen (secondary N) is 1. The van der Waals surface area contributed by atoms with Crippen molar-refractivity contribution in [3.05, 3.63) is 0 Å². The van der Waals surface area contributed by atoms with Crippen molar-refractivity contribution >= 4 is 23.1 Å². The van der Waals surface area contributed by atoms with Crippen molar-refractivity contribution in [2.24, 2.45) is 11.1 Å². The molecule has 16 heavy (non-hydrogen) atoms. The fourth-order valence-corrected chi connectivity index (χ4v) is 1.88. The van der Waals surface area contributed by atoms with E-state index in [9.17, 15) is 4.79 Å². The van der Waals surface area contributed by atoms with Crippen molar-refractivity contribution in [1.29, 1.82) is 0 Å². The molecule has 0 saturated carbocycles. The molecule has 0 spiro atoms. The molecular formula is C11H20N2O2S. The van der Waals surface area contributed by atoms with Gasteiger partial charge in [-0.25, -0.2) is 0 Å². The number of hydrogen-bond acceptors (Lipinski definition) is 3. The molecule has 1 amide bonds. The first-order chi connectivity index (χ1) is 7.50. The van der Waals surface area contributed by atoms with Gasteiger partial charge in [0, 0.05) is 6.61 Å². The van der Waals surface area contributed by atoms with E-state index in [-0.39, 0.29) is 16.9 Å². The Hall–Kier alpha value is -0.680. The van der Waals surface area contributed by atoms with Crippen molar-refractivity contribution in [2.45, 2.75) is 39.2 Å². The first-order valence-electron chi connectivity index (χ1n) is 5.69. The van der Waals surface area contributed by atoms with E-state index in [0.29, 0.717) is 13.0 Å². The van der Waals surface area contributed by atoms with Crippen LogP contribution in [0.15, 0.2) is 0 Å². The van der Waals surface area contributed by atoms with E-state index in [0.717, 1.165) is 19.4 Å². The topological polar surface area (TPSA) is 64.3 Å². The summed E-state index contributed by atoms with van der Waals surface area (Å²) in [7, 11) is 0. The van der Waals surface area contributed by atoms with Crippen LogP contribution in [0.5, 0.6) is 0 Å². The van der Waals surface area contributed by atoms with Gasteiger partial charge < -0.3 is 15.8 Å². The van der Waals surface area contributed by atoms with Crippen LogP contribution in [0.4, 0.5) is 0 Å². The predicted octanol–water partition coefficient (Wildman–Crippen LogP) is 0.984. The molecule has 1 saturated heterocycles. The van der Waals surface area contributed by atoms with Gasteiger partial charge in [-0.15, -0.1) is 0 Å². The highest BCUT2D eigenvalue weighted by Gasteiger charge is 2.35. The fraction of sp³-hybridized carbons (Fsp3) is 0.818. The Morgan fingerprint density at radius 2 is 2.38 bits per heavy atom. The molecule has 3 N–H and O–H groups in total. The third-order valence-corrected chi connectivity index (χ3v) is 3.70. The maximum Gasteiger partial charge on any atom is 0.233 e. The summed E-state index contributed by atoms with van der Waals surface area (Å²) in [5, 5.41) is 2.96. The Morgan fingerprint density at radius 3 is 2.81 bits per heavy atom. The first-order valence-corrected chi connectivity index (χ1v) is 6.10. The van der Waals surface area contributed by atoms with Crippen LogP contribution < -0.4 is 11.1 Å². The van der Waals surface area contributed by atoms with E-state index >= 15 is 0 Å². The molecule has 0 aromatic rings. The van der Waals surface area contributed by atoms with E-state index in [1.165, 1.54) is 0 Å². The predicted molar refractivity (Wildman–Crippen MR) is 67.2 cm³/mol. The minimum absolute atomic E-state index is 0.0852. The lowest BCUT2D eigenvalue weighted by Gasteiger charge is -2.30. The average Bonchev–Trinajstić information content (AvgIpc) is 2.28. The molecule has 1 heterocycles. The van der Waals surface area contributed by atoms with Gasteiger partial charge in [0.15, 0.2) is 0 Å². The monoisotopic (exact) mass is 244 g/mol. The van der Waals surface area contributed by atoms with Crippen LogP contribution >= 0.6 is 12.2 Å². The van der Waals surface area contributed by atoms with Crippen molar-refractivity contribution in [1.82, 2.24) is 5.32 Å². The number of thiocarbonyl (C=S) groups is 1. The van der Waals surface area contributed by atoms with Crippen LogP contribution in [0.25, 0.3) is 0 Å². The Labute approximate surface area is 102 Å². The van der Waals surface area contributed by atoms with Crippen molar-refractivity contribution in [3.63, 3.8) is 0 Å². The number of rotatable bonds is 4. The Balaban J connectivity index is 2.58. The van der Waals surface area contributed by atoms with Crippen molar-refractivity contribution in [3.8, 4) is 0 Å². The minimum atomic E-state index is -0.743. The third-order valence-electron chi connectivity index (χ3n) is 3.25. The van der Waals surface area contributed by atoms with Crippen LogP contribution in [0, 0.1) is 5.41 Å². The smallest absolute Gasteiger partial charge is 0.233 e. The fourth-order valence-electron chi connectivity index (χ4n) is 1.65. The molecule has 0 radical (unpaired) electrons. The molecule has 0 aromatic carbocycles. The van der Waals surface area contributed by atoms with Gasteiger partial charge in [-0.3, -0.25) is 4.79 Å². The Morgan fingerprint density at radius 1 is 1.69 bits per heavy atom. The molecule has 0 bridgehead atoms. The van der Waals surface area contributed by atoms with Gasteiger partial charge in [0.05, 0.1) is 23.1 Å². The van der Waals surface area contributed by atoms with Crippen LogP contribution in [0.2, 0.25) is 0 Å². The summed E-state index contributed by atoms with van der Waals surface area (Å²) >= 11 is 4.96. The van der Waals surface area contributed by atoms with E-state index < -0.39 is 5.41 Å². The molecule has 0 aromatic heterocycles. The molecule has 4 nitrogen and oxygen atoms in total. The second kappa shape index (κ2) is 5.59. The van der Waals surface area contributed by atoms with Crippen molar-refractivity contribution in [2.75, 3.05) is 13.2 Å². The number of carbonyl (C=O) groups excluding carboxylic acids is 1. The lowest BCUT2D eigenvalue weighted by atomic mass is 9.86. The molecule has 5 heteroatoms. The molecule has 1 aliphatic heterocycles. The van der Waals surface area contributed by atoms with Gasteiger partial charge in [-0.05, 0) is 26.2 Å². The van der Waals surface area contributed by atoms with Gasteiger partial charge in [0.1, 0.15) is 0 Å². The van der Waals surface area contributed by atoms with Crippen molar-refractivity contribution < 1.29 is 9.53 Å². The summed E-state index contributed by atoms with van der Waals surface area (Å²) in [6.45, 7) is 5.07. The molecule has 92 valence electrons. The minimum Gasteiger partial charge on any atom is -0.392 e. The summed E-state index contributed by atoms with van der Waals surface area (Å²) in [6.07, 6.45) is 2.56. The number of carbonyl (C=O) groups is 1. The van der Waals surface area contributed by atoms with Gasteiger partial charge >= 0.3 is 0 Å². The highest BCUT2D eigenvalue weighted by atomic mass is 32.1.